The lowest BCUT2D eigenvalue weighted by Crippen LogP contribution is -2.16. The van der Waals surface area contributed by atoms with Gasteiger partial charge < -0.3 is 10.4 Å². The molecule has 0 unspecified atom stereocenters. The fourth-order valence-electron chi connectivity index (χ4n) is 3.16. The molecule has 0 spiro atoms. The average Bonchev–Trinajstić information content (AvgIpc) is 2.68. The summed E-state index contributed by atoms with van der Waals surface area (Å²) in [7, 11) is 0. The van der Waals surface area contributed by atoms with Crippen molar-refractivity contribution in [1.29, 1.82) is 0 Å². The molecule has 4 nitrogen and oxygen atoms in total. The quantitative estimate of drug-likeness (QED) is 0.516. The summed E-state index contributed by atoms with van der Waals surface area (Å²) < 4.78 is 0. The van der Waals surface area contributed by atoms with Crippen LogP contribution in [0.2, 0.25) is 5.02 Å². The maximum absolute atomic E-state index is 12.4. The second-order valence-corrected chi connectivity index (χ2v) is 8.68. The van der Waals surface area contributed by atoms with Crippen molar-refractivity contribution in [3.05, 3.63) is 88.4 Å². The van der Waals surface area contributed by atoms with Gasteiger partial charge in [-0.05, 0) is 45.9 Å². The number of benzene rings is 3. The molecule has 0 atom stereocenters. The third kappa shape index (κ3) is 5.28. The molecule has 0 bridgehead atoms. The third-order valence-corrected chi connectivity index (χ3v) is 5.12. The summed E-state index contributed by atoms with van der Waals surface area (Å²) in [5.74, 6) is -1.43. The van der Waals surface area contributed by atoms with Gasteiger partial charge in [-0.3, -0.25) is 4.79 Å². The number of carbonyl (C=O) groups excluding carboxylic acids is 1. The lowest BCUT2D eigenvalue weighted by Gasteiger charge is -2.19. The summed E-state index contributed by atoms with van der Waals surface area (Å²) in [5.41, 5.74) is 4.60. The molecule has 0 radical (unpaired) electrons. The van der Waals surface area contributed by atoms with Crippen LogP contribution in [0.3, 0.4) is 0 Å². The number of aromatic carboxylic acids is 1. The first kappa shape index (κ1) is 21.6. The third-order valence-electron chi connectivity index (χ3n) is 4.89. The van der Waals surface area contributed by atoms with Gasteiger partial charge in [-0.25, -0.2) is 4.79 Å². The van der Waals surface area contributed by atoms with Crippen LogP contribution in [0.4, 0.5) is 5.69 Å². The Morgan fingerprint density at radius 1 is 0.900 bits per heavy atom. The Morgan fingerprint density at radius 3 is 2.00 bits per heavy atom. The molecule has 1 amide bonds. The van der Waals surface area contributed by atoms with Gasteiger partial charge in [0, 0.05) is 5.02 Å². The van der Waals surface area contributed by atoms with Gasteiger partial charge in [0.25, 0.3) is 0 Å². The molecule has 0 saturated carbocycles. The van der Waals surface area contributed by atoms with Crippen LogP contribution < -0.4 is 5.32 Å². The van der Waals surface area contributed by atoms with Gasteiger partial charge in [-0.15, -0.1) is 0 Å². The number of carboxylic acids is 1. The van der Waals surface area contributed by atoms with Crippen LogP contribution in [0.5, 0.6) is 0 Å². The summed E-state index contributed by atoms with van der Waals surface area (Å²) >= 11 is 5.93. The largest absolute Gasteiger partial charge is 0.478 e. The van der Waals surface area contributed by atoms with Crippen molar-refractivity contribution in [2.24, 2.45) is 0 Å². The Balaban J connectivity index is 1.70. The molecule has 5 heteroatoms. The van der Waals surface area contributed by atoms with Crippen LogP contribution in [-0.2, 0) is 16.6 Å². The van der Waals surface area contributed by atoms with Gasteiger partial charge in [-0.1, -0.05) is 80.9 Å². The SMILES string of the molecule is CC(C)(C)c1ccc(-c2ccc(CC(=O)Nc3cc(Cl)ccc3C(=O)O)cc2)cc1. The average molecular weight is 422 g/mol. The minimum Gasteiger partial charge on any atom is -0.478 e. The molecule has 30 heavy (non-hydrogen) atoms. The van der Waals surface area contributed by atoms with Crippen molar-refractivity contribution in [3.8, 4) is 11.1 Å². The Hall–Kier alpha value is -3.11. The molecular weight excluding hydrogens is 398 g/mol. The molecule has 3 aromatic carbocycles. The van der Waals surface area contributed by atoms with Crippen LogP contribution >= 0.6 is 11.6 Å². The van der Waals surface area contributed by atoms with E-state index in [9.17, 15) is 14.7 Å². The summed E-state index contributed by atoms with van der Waals surface area (Å²) in [6, 6.07) is 20.6. The molecule has 0 aliphatic heterocycles. The normalized spacial score (nSPS) is 11.2. The zero-order chi connectivity index (χ0) is 21.9. The van der Waals surface area contributed by atoms with Gasteiger partial charge in [0.05, 0.1) is 17.7 Å². The first-order valence-electron chi connectivity index (χ1n) is 9.66. The molecule has 3 rings (SSSR count). The predicted octanol–water partition coefficient (Wildman–Crippen LogP) is 6.18. The van der Waals surface area contributed by atoms with E-state index in [1.807, 2.05) is 24.3 Å². The number of halogens is 1. The van der Waals surface area contributed by atoms with Gasteiger partial charge in [0.15, 0.2) is 0 Å². The number of carbonyl (C=O) groups is 2. The van der Waals surface area contributed by atoms with E-state index in [2.05, 4.69) is 50.4 Å². The summed E-state index contributed by atoms with van der Waals surface area (Å²) in [6.07, 6.45) is 0.134. The van der Waals surface area contributed by atoms with Gasteiger partial charge in [0.1, 0.15) is 0 Å². The lowest BCUT2D eigenvalue weighted by molar-refractivity contribution is -0.115. The van der Waals surface area contributed by atoms with Gasteiger partial charge in [0.2, 0.25) is 5.91 Å². The lowest BCUT2D eigenvalue weighted by atomic mass is 9.86. The minimum absolute atomic E-state index is 0.00167. The number of rotatable bonds is 5. The second-order valence-electron chi connectivity index (χ2n) is 8.24. The fraction of sp³-hybridized carbons (Fsp3) is 0.200. The van der Waals surface area contributed by atoms with E-state index in [0.29, 0.717) is 5.02 Å². The standard InChI is InChI=1S/C25H24ClNO3/c1-25(2,3)19-10-8-18(9-11-19)17-6-4-16(5-7-17)14-23(28)27-22-15-20(26)12-13-21(22)24(29)30/h4-13,15H,14H2,1-3H3,(H,27,28)(H,29,30). The highest BCUT2D eigenvalue weighted by atomic mass is 35.5. The van der Waals surface area contributed by atoms with E-state index >= 15 is 0 Å². The van der Waals surface area contributed by atoms with Crippen molar-refractivity contribution < 1.29 is 14.7 Å². The highest BCUT2D eigenvalue weighted by molar-refractivity contribution is 6.31. The number of hydrogen-bond acceptors (Lipinski definition) is 2. The van der Waals surface area contributed by atoms with Crippen molar-refractivity contribution in [2.45, 2.75) is 32.6 Å². The molecule has 0 aliphatic rings. The van der Waals surface area contributed by atoms with E-state index in [1.165, 1.54) is 23.8 Å². The van der Waals surface area contributed by atoms with E-state index in [0.717, 1.165) is 16.7 Å². The minimum atomic E-state index is -1.12. The van der Waals surface area contributed by atoms with Crippen LogP contribution in [0.15, 0.2) is 66.7 Å². The monoisotopic (exact) mass is 421 g/mol. The molecule has 0 fully saturated rings. The zero-order valence-corrected chi connectivity index (χ0v) is 18.0. The number of amides is 1. The topological polar surface area (TPSA) is 66.4 Å². The Labute approximate surface area is 181 Å². The molecular formula is C25H24ClNO3. The maximum atomic E-state index is 12.4. The van der Waals surface area contributed by atoms with Crippen LogP contribution in [-0.4, -0.2) is 17.0 Å². The van der Waals surface area contributed by atoms with Crippen LogP contribution in [0.1, 0.15) is 42.3 Å². The molecule has 2 N–H and O–H groups in total. The first-order chi connectivity index (χ1) is 14.1. The molecule has 0 aromatic heterocycles. The molecule has 3 aromatic rings. The predicted molar refractivity (Wildman–Crippen MR) is 121 cm³/mol. The van der Waals surface area contributed by atoms with E-state index in [1.54, 1.807) is 0 Å². The second kappa shape index (κ2) is 8.72. The van der Waals surface area contributed by atoms with E-state index in [4.69, 9.17) is 11.6 Å². The van der Waals surface area contributed by atoms with Crippen molar-refractivity contribution in [2.75, 3.05) is 5.32 Å². The van der Waals surface area contributed by atoms with Gasteiger partial charge >= 0.3 is 5.97 Å². The summed E-state index contributed by atoms with van der Waals surface area (Å²) in [4.78, 5) is 23.7. The molecule has 0 saturated heterocycles. The van der Waals surface area contributed by atoms with Crippen LogP contribution in [0, 0.1) is 0 Å². The van der Waals surface area contributed by atoms with E-state index in [-0.39, 0.29) is 29.0 Å². The Morgan fingerprint density at radius 2 is 1.47 bits per heavy atom. The number of anilines is 1. The number of hydrogen-bond donors (Lipinski definition) is 2. The highest BCUT2D eigenvalue weighted by Crippen LogP contribution is 2.26. The van der Waals surface area contributed by atoms with Crippen molar-refractivity contribution in [3.63, 3.8) is 0 Å². The fourth-order valence-corrected chi connectivity index (χ4v) is 3.34. The van der Waals surface area contributed by atoms with Gasteiger partial charge in [-0.2, -0.15) is 0 Å². The highest BCUT2D eigenvalue weighted by Gasteiger charge is 2.14. The molecule has 154 valence electrons. The number of nitrogens with one attached hydrogen (secondary N) is 1. The molecule has 0 heterocycles. The van der Waals surface area contributed by atoms with Crippen molar-refractivity contribution >= 4 is 29.2 Å². The summed E-state index contributed by atoms with van der Waals surface area (Å²) in [5, 5.41) is 12.3. The maximum Gasteiger partial charge on any atom is 0.337 e. The Bertz CT molecular complexity index is 1070. The van der Waals surface area contributed by atoms with Crippen LogP contribution in [0.25, 0.3) is 11.1 Å². The Kier molecular flexibility index (Phi) is 6.28. The van der Waals surface area contributed by atoms with Crippen molar-refractivity contribution in [1.82, 2.24) is 0 Å². The summed E-state index contributed by atoms with van der Waals surface area (Å²) in [6.45, 7) is 6.56. The number of carboxylic acid groups (broad SMARTS) is 1. The molecule has 0 aliphatic carbocycles. The smallest absolute Gasteiger partial charge is 0.337 e. The first-order valence-corrected chi connectivity index (χ1v) is 10.0. The zero-order valence-electron chi connectivity index (χ0n) is 17.2. The van der Waals surface area contributed by atoms with E-state index < -0.39 is 5.97 Å².